The van der Waals surface area contributed by atoms with Gasteiger partial charge >= 0.3 is 0 Å². The number of amides is 1. The fourth-order valence-electron chi connectivity index (χ4n) is 3.15. The van der Waals surface area contributed by atoms with E-state index in [-0.39, 0.29) is 17.4 Å². The van der Waals surface area contributed by atoms with Crippen molar-refractivity contribution in [1.29, 1.82) is 0 Å². The van der Waals surface area contributed by atoms with Crippen LogP contribution >= 0.6 is 0 Å². The summed E-state index contributed by atoms with van der Waals surface area (Å²) in [4.78, 5) is 12.4. The minimum absolute atomic E-state index is 0.149. The van der Waals surface area contributed by atoms with E-state index in [1.165, 1.54) is 11.4 Å². The Morgan fingerprint density at radius 2 is 1.45 bits per heavy atom. The number of ether oxygens (including phenoxy) is 1. The van der Waals surface area contributed by atoms with Gasteiger partial charge in [-0.15, -0.1) is 0 Å². The molecular weight excluding hydrogens is 412 g/mol. The van der Waals surface area contributed by atoms with Gasteiger partial charge in [0.25, 0.3) is 15.9 Å². The highest BCUT2D eigenvalue weighted by Gasteiger charge is 2.21. The second kappa shape index (κ2) is 9.22. The SMILES string of the molecule is Cc1ccc(S(=O)(=O)N(C)c2ccc(OCC(=O)Nc3cc(C)cc(C)c3)cc2)cc1. The van der Waals surface area contributed by atoms with Crippen LogP contribution in [0.1, 0.15) is 16.7 Å². The number of nitrogens with one attached hydrogen (secondary N) is 1. The molecule has 0 aliphatic carbocycles. The van der Waals surface area contributed by atoms with Crippen molar-refractivity contribution in [2.75, 3.05) is 23.3 Å². The summed E-state index contributed by atoms with van der Waals surface area (Å²) in [5.41, 5.74) is 4.34. The molecule has 31 heavy (non-hydrogen) atoms. The molecule has 7 heteroatoms. The van der Waals surface area contributed by atoms with E-state index >= 15 is 0 Å². The van der Waals surface area contributed by atoms with Crippen molar-refractivity contribution < 1.29 is 17.9 Å². The van der Waals surface area contributed by atoms with E-state index in [0.29, 0.717) is 11.4 Å². The molecule has 1 N–H and O–H groups in total. The highest BCUT2D eigenvalue weighted by Crippen LogP contribution is 2.24. The van der Waals surface area contributed by atoms with Gasteiger partial charge in [-0.3, -0.25) is 9.10 Å². The summed E-state index contributed by atoms with van der Waals surface area (Å²) < 4.78 is 32.4. The van der Waals surface area contributed by atoms with E-state index in [9.17, 15) is 13.2 Å². The minimum atomic E-state index is -3.66. The standard InChI is InChI=1S/C24H26N2O4S/c1-17-5-11-23(12-6-17)31(28,29)26(4)21-7-9-22(10-8-21)30-16-24(27)25-20-14-18(2)13-19(3)15-20/h5-15H,16H2,1-4H3,(H,25,27). The van der Waals surface area contributed by atoms with Crippen LogP contribution < -0.4 is 14.4 Å². The molecular formula is C24H26N2O4S. The van der Waals surface area contributed by atoms with Crippen LogP contribution in [-0.4, -0.2) is 28.0 Å². The number of anilines is 2. The number of aryl methyl sites for hydroxylation is 3. The number of benzene rings is 3. The lowest BCUT2D eigenvalue weighted by Crippen LogP contribution is -2.26. The van der Waals surface area contributed by atoms with Crippen molar-refractivity contribution in [3.8, 4) is 5.75 Å². The average Bonchev–Trinajstić information content (AvgIpc) is 2.71. The Kier molecular flexibility index (Phi) is 6.65. The summed E-state index contributed by atoms with van der Waals surface area (Å²) in [5, 5.41) is 2.81. The maximum absolute atomic E-state index is 12.8. The third-order valence-electron chi connectivity index (χ3n) is 4.76. The van der Waals surface area contributed by atoms with Crippen molar-refractivity contribution in [3.05, 3.63) is 83.4 Å². The minimum Gasteiger partial charge on any atom is -0.484 e. The first-order valence-electron chi connectivity index (χ1n) is 9.82. The topological polar surface area (TPSA) is 75.7 Å². The van der Waals surface area contributed by atoms with E-state index in [0.717, 1.165) is 22.4 Å². The average molecular weight is 439 g/mol. The number of nitrogens with zero attached hydrogens (tertiary/aromatic N) is 1. The van der Waals surface area contributed by atoms with Gasteiger partial charge in [0, 0.05) is 12.7 Å². The fraction of sp³-hybridized carbons (Fsp3) is 0.208. The predicted octanol–water partition coefficient (Wildman–Crippen LogP) is 4.45. The van der Waals surface area contributed by atoms with Gasteiger partial charge in [0.2, 0.25) is 0 Å². The van der Waals surface area contributed by atoms with Crippen LogP contribution in [0, 0.1) is 20.8 Å². The Morgan fingerprint density at radius 3 is 2.03 bits per heavy atom. The zero-order chi connectivity index (χ0) is 22.6. The quantitative estimate of drug-likeness (QED) is 0.591. The molecule has 0 saturated heterocycles. The molecule has 0 unspecified atom stereocenters. The molecule has 0 aromatic heterocycles. The lowest BCUT2D eigenvalue weighted by molar-refractivity contribution is -0.118. The van der Waals surface area contributed by atoms with Crippen molar-refractivity contribution in [2.24, 2.45) is 0 Å². The van der Waals surface area contributed by atoms with E-state index in [2.05, 4.69) is 5.32 Å². The third kappa shape index (κ3) is 5.64. The summed E-state index contributed by atoms with van der Waals surface area (Å²) >= 11 is 0. The first-order valence-corrected chi connectivity index (χ1v) is 11.3. The Labute approximate surface area is 183 Å². The smallest absolute Gasteiger partial charge is 0.264 e. The van der Waals surface area contributed by atoms with Crippen molar-refractivity contribution >= 4 is 27.3 Å². The maximum atomic E-state index is 12.8. The van der Waals surface area contributed by atoms with E-state index in [1.54, 1.807) is 48.5 Å². The molecule has 0 bridgehead atoms. The molecule has 0 aliphatic heterocycles. The molecule has 0 atom stereocenters. The molecule has 3 rings (SSSR count). The zero-order valence-corrected chi connectivity index (χ0v) is 18.9. The number of hydrogen-bond acceptors (Lipinski definition) is 4. The van der Waals surface area contributed by atoms with Crippen LogP contribution in [0.25, 0.3) is 0 Å². The molecule has 0 aliphatic rings. The Hall–Kier alpha value is -3.32. The first-order chi connectivity index (χ1) is 14.6. The van der Waals surface area contributed by atoms with Crippen molar-refractivity contribution in [3.63, 3.8) is 0 Å². The molecule has 3 aromatic rings. The number of rotatable bonds is 7. The second-order valence-corrected chi connectivity index (χ2v) is 9.46. The van der Waals surface area contributed by atoms with Gasteiger partial charge in [-0.1, -0.05) is 23.8 Å². The maximum Gasteiger partial charge on any atom is 0.264 e. The number of hydrogen-bond donors (Lipinski definition) is 1. The number of carbonyl (C=O) groups is 1. The van der Waals surface area contributed by atoms with E-state index < -0.39 is 10.0 Å². The second-order valence-electron chi connectivity index (χ2n) is 7.49. The molecule has 3 aromatic carbocycles. The van der Waals surface area contributed by atoms with Crippen LogP contribution in [0.15, 0.2) is 71.6 Å². The predicted molar refractivity (Wildman–Crippen MR) is 123 cm³/mol. The van der Waals surface area contributed by atoms with Gasteiger partial charge in [-0.2, -0.15) is 0 Å². The van der Waals surface area contributed by atoms with E-state index in [1.807, 2.05) is 39.0 Å². The Morgan fingerprint density at radius 1 is 0.871 bits per heavy atom. The van der Waals surface area contributed by atoms with Crippen LogP contribution in [-0.2, 0) is 14.8 Å². The highest BCUT2D eigenvalue weighted by atomic mass is 32.2. The lowest BCUT2D eigenvalue weighted by Gasteiger charge is -2.20. The van der Waals surface area contributed by atoms with Gasteiger partial charge in [0.15, 0.2) is 6.61 Å². The number of sulfonamides is 1. The van der Waals surface area contributed by atoms with Gasteiger partial charge in [-0.05, 0) is 80.4 Å². The molecule has 0 spiro atoms. The lowest BCUT2D eigenvalue weighted by atomic mass is 10.1. The van der Waals surface area contributed by atoms with Crippen LogP contribution in [0.5, 0.6) is 5.75 Å². The molecule has 0 radical (unpaired) electrons. The number of carbonyl (C=O) groups excluding carboxylic acids is 1. The third-order valence-corrected chi connectivity index (χ3v) is 6.55. The van der Waals surface area contributed by atoms with Gasteiger partial charge in [-0.25, -0.2) is 8.42 Å². The molecule has 6 nitrogen and oxygen atoms in total. The molecule has 0 fully saturated rings. The fourth-order valence-corrected chi connectivity index (χ4v) is 4.35. The van der Waals surface area contributed by atoms with Crippen LogP contribution in [0.3, 0.4) is 0 Å². The summed E-state index contributed by atoms with van der Waals surface area (Å²) in [6.07, 6.45) is 0. The summed E-state index contributed by atoms with van der Waals surface area (Å²) in [7, 11) is -2.16. The highest BCUT2D eigenvalue weighted by molar-refractivity contribution is 7.92. The van der Waals surface area contributed by atoms with Gasteiger partial charge in [0.1, 0.15) is 5.75 Å². The van der Waals surface area contributed by atoms with Gasteiger partial charge < -0.3 is 10.1 Å². The van der Waals surface area contributed by atoms with Crippen molar-refractivity contribution in [2.45, 2.75) is 25.7 Å². The molecule has 0 saturated carbocycles. The summed E-state index contributed by atoms with van der Waals surface area (Å²) in [6, 6.07) is 19.1. The van der Waals surface area contributed by atoms with E-state index in [4.69, 9.17) is 4.74 Å². The normalized spacial score (nSPS) is 11.1. The monoisotopic (exact) mass is 438 g/mol. The zero-order valence-electron chi connectivity index (χ0n) is 18.0. The molecule has 162 valence electrons. The Balaban J connectivity index is 1.62. The Bertz CT molecular complexity index is 1150. The molecule has 0 heterocycles. The largest absolute Gasteiger partial charge is 0.484 e. The summed E-state index contributed by atoms with van der Waals surface area (Å²) in [6.45, 7) is 5.69. The first kappa shape index (κ1) is 22.4. The van der Waals surface area contributed by atoms with Gasteiger partial charge in [0.05, 0.1) is 10.6 Å². The summed E-state index contributed by atoms with van der Waals surface area (Å²) in [5.74, 6) is 0.202. The molecule has 1 amide bonds. The van der Waals surface area contributed by atoms with Crippen molar-refractivity contribution in [1.82, 2.24) is 0 Å². The van der Waals surface area contributed by atoms with Crippen LogP contribution in [0.2, 0.25) is 0 Å². The van der Waals surface area contributed by atoms with Crippen LogP contribution in [0.4, 0.5) is 11.4 Å².